The van der Waals surface area contributed by atoms with Crippen molar-refractivity contribution in [1.29, 1.82) is 0 Å². The molecule has 1 saturated heterocycles. The quantitative estimate of drug-likeness (QED) is 0.733. The summed E-state index contributed by atoms with van der Waals surface area (Å²) in [5, 5.41) is 12.5. The molecule has 21 heavy (non-hydrogen) atoms. The lowest BCUT2D eigenvalue weighted by Gasteiger charge is -2.35. The van der Waals surface area contributed by atoms with Crippen LogP contribution in [0.2, 0.25) is 0 Å². The van der Waals surface area contributed by atoms with Crippen molar-refractivity contribution in [2.24, 2.45) is 7.05 Å². The van der Waals surface area contributed by atoms with Crippen LogP contribution in [0.15, 0.2) is 29.3 Å². The molecule has 8 nitrogen and oxygen atoms in total. The lowest BCUT2D eigenvalue weighted by Crippen LogP contribution is -2.48. The topological polar surface area (TPSA) is 72.1 Å². The molecule has 112 valence electrons. The predicted molar refractivity (Wildman–Crippen MR) is 78.2 cm³/mol. The van der Waals surface area contributed by atoms with Gasteiger partial charge in [0.25, 0.3) is 5.56 Å². The molecular formula is C13H19N7O. The van der Waals surface area contributed by atoms with Crippen LogP contribution in [0.4, 0.5) is 5.82 Å². The first-order valence-corrected chi connectivity index (χ1v) is 7.08. The van der Waals surface area contributed by atoms with Crippen molar-refractivity contribution in [1.82, 2.24) is 29.7 Å². The van der Waals surface area contributed by atoms with Crippen LogP contribution in [-0.2, 0) is 13.6 Å². The van der Waals surface area contributed by atoms with Gasteiger partial charge in [0.1, 0.15) is 5.82 Å². The lowest BCUT2D eigenvalue weighted by molar-refractivity contribution is 0.239. The zero-order valence-corrected chi connectivity index (χ0v) is 12.1. The predicted octanol–water partition coefficient (Wildman–Crippen LogP) is -0.806. The molecule has 0 aliphatic carbocycles. The summed E-state index contributed by atoms with van der Waals surface area (Å²) < 4.78 is 1.38. The molecule has 3 rings (SSSR count). The molecule has 1 aliphatic heterocycles. The average Bonchev–Trinajstić information content (AvgIpc) is 3.02. The van der Waals surface area contributed by atoms with Gasteiger partial charge in [-0.1, -0.05) is 0 Å². The maximum absolute atomic E-state index is 11.4. The molecule has 0 radical (unpaired) electrons. The molecule has 0 unspecified atom stereocenters. The minimum Gasteiger partial charge on any atom is -0.353 e. The second-order valence-electron chi connectivity index (χ2n) is 5.11. The molecule has 8 heteroatoms. The first-order chi connectivity index (χ1) is 10.2. The Bertz CT molecular complexity index is 628. The molecule has 0 bridgehead atoms. The fourth-order valence-corrected chi connectivity index (χ4v) is 2.45. The summed E-state index contributed by atoms with van der Waals surface area (Å²) in [6.07, 6.45) is 3.40. The van der Waals surface area contributed by atoms with Crippen molar-refractivity contribution in [2.75, 3.05) is 37.6 Å². The van der Waals surface area contributed by atoms with Gasteiger partial charge in [-0.2, -0.15) is 20.1 Å². The maximum Gasteiger partial charge on any atom is 0.266 e. The van der Waals surface area contributed by atoms with E-state index in [1.54, 1.807) is 36.4 Å². The van der Waals surface area contributed by atoms with Gasteiger partial charge < -0.3 is 4.90 Å². The normalized spacial score (nSPS) is 16.3. The van der Waals surface area contributed by atoms with E-state index in [4.69, 9.17) is 0 Å². The summed E-state index contributed by atoms with van der Waals surface area (Å²) in [5.74, 6) is 0.866. The molecule has 0 aromatic carbocycles. The average molecular weight is 289 g/mol. The first-order valence-electron chi connectivity index (χ1n) is 7.08. The van der Waals surface area contributed by atoms with Crippen molar-refractivity contribution >= 4 is 5.82 Å². The maximum atomic E-state index is 11.4. The summed E-state index contributed by atoms with van der Waals surface area (Å²) in [7, 11) is 1.68. The number of aromatic nitrogens is 5. The van der Waals surface area contributed by atoms with E-state index in [0.717, 1.165) is 45.1 Å². The summed E-state index contributed by atoms with van der Waals surface area (Å²) >= 11 is 0. The second kappa shape index (κ2) is 6.04. The van der Waals surface area contributed by atoms with Gasteiger partial charge in [-0.25, -0.2) is 4.68 Å². The Morgan fingerprint density at radius 1 is 1.05 bits per heavy atom. The Morgan fingerprint density at radius 3 is 2.43 bits per heavy atom. The standard InChI is InChI=1S/C13H19N7O/c1-17-13(21)3-2-12(16-17)19-9-6-18(7-10-19)8-11-20-14-4-5-15-20/h2-5H,6-11H2,1H3. The molecule has 0 amide bonds. The van der Waals surface area contributed by atoms with E-state index in [-0.39, 0.29) is 5.56 Å². The number of anilines is 1. The van der Waals surface area contributed by atoms with Gasteiger partial charge in [0.15, 0.2) is 0 Å². The number of piperazine rings is 1. The Labute approximate surface area is 122 Å². The third-order valence-electron chi connectivity index (χ3n) is 3.73. The Hall–Kier alpha value is -2.22. The zero-order chi connectivity index (χ0) is 14.7. The number of nitrogens with zero attached hydrogens (tertiary/aromatic N) is 7. The van der Waals surface area contributed by atoms with Crippen LogP contribution in [0.5, 0.6) is 0 Å². The van der Waals surface area contributed by atoms with E-state index in [1.807, 2.05) is 0 Å². The van der Waals surface area contributed by atoms with Gasteiger partial charge in [-0.3, -0.25) is 9.69 Å². The number of rotatable bonds is 4. The van der Waals surface area contributed by atoms with Crippen LogP contribution in [0.3, 0.4) is 0 Å². The number of hydrogen-bond acceptors (Lipinski definition) is 6. The second-order valence-corrected chi connectivity index (χ2v) is 5.11. The number of aryl methyl sites for hydroxylation is 1. The highest BCUT2D eigenvalue weighted by Gasteiger charge is 2.18. The van der Waals surface area contributed by atoms with E-state index in [2.05, 4.69) is 25.1 Å². The minimum absolute atomic E-state index is 0.0795. The van der Waals surface area contributed by atoms with Gasteiger partial charge in [0.05, 0.1) is 18.9 Å². The van der Waals surface area contributed by atoms with Crippen molar-refractivity contribution in [3.05, 3.63) is 34.9 Å². The van der Waals surface area contributed by atoms with E-state index in [0.29, 0.717) is 0 Å². The van der Waals surface area contributed by atoms with Gasteiger partial charge in [0.2, 0.25) is 0 Å². The Balaban J connectivity index is 1.52. The van der Waals surface area contributed by atoms with Crippen LogP contribution >= 0.6 is 0 Å². The summed E-state index contributed by atoms with van der Waals surface area (Å²) in [6, 6.07) is 3.36. The highest BCUT2D eigenvalue weighted by atomic mass is 16.1. The SMILES string of the molecule is Cn1nc(N2CCN(CCn3nccn3)CC2)ccc1=O. The molecule has 2 aromatic rings. The molecule has 1 aliphatic rings. The van der Waals surface area contributed by atoms with Crippen molar-refractivity contribution in [3.8, 4) is 0 Å². The Morgan fingerprint density at radius 2 is 1.76 bits per heavy atom. The summed E-state index contributed by atoms with van der Waals surface area (Å²) in [6.45, 7) is 5.54. The zero-order valence-electron chi connectivity index (χ0n) is 12.1. The van der Waals surface area contributed by atoms with Gasteiger partial charge >= 0.3 is 0 Å². The van der Waals surface area contributed by atoms with E-state index in [9.17, 15) is 4.79 Å². The van der Waals surface area contributed by atoms with Crippen LogP contribution in [0.1, 0.15) is 0 Å². The molecular weight excluding hydrogens is 270 g/mol. The molecule has 1 fully saturated rings. The van der Waals surface area contributed by atoms with E-state index < -0.39 is 0 Å². The van der Waals surface area contributed by atoms with Gasteiger partial charge in [-0.15, -0.1) is 0 Å². The molecule has 0 saturated carbocycles. The molecule has 0 spiro atoms. The van der Waals surface area contributed by atoms with Gasteiger partial charge in [0, 0.05) is 45.8 Å². The fraction of sp³-hybridized carbons (Fsp3) is 0.538. The lowest BCUT2D eigenvalue weighted by atomic mass is 10.3. The molecule has 0 N–H and O–H groups in total. The van der Waals surface area contributed by atoms with Crippen molar-refractivity contribution in [2.45, 2.75) is 6.54 Å². The third kappa shape index (κ3) is 3.27. The van der Waals surface area contributed by atoms with Crippen molar-refractivity contribution < 1.29 is 0 Å². The van der Waals surface area contributed by atoms with E-state index in [1.165, 1.54) is 4.68 Å². The smallest absolute Gasteiger partial charge is 0.266 e. The minimum atomic E-state index is -0.0795. The van der Waals surface area contributed by atoms with E-state index >= 15 is 0 Å². The molecule has 0 atom stereocenters. The third-order valence-corrected chi connectivity index (χ3v) is 3.73. The summed E-state index contributed by atoms with van der Waals surface area (Å²) in [5.41, 5.74) is -0.0795. The summed E-state index contributed by atoms with van der Waals surface area (Å²) in [4.78, 5) is 17.7. The van der Waals surface area contributed by atoms with Crippen LogP contribution in [0.25, 0.3) is 0 Å². The first kappa shape index (κ1) is 13.7. The van der Waals surface area contributed by atoms with Crippen LogP contribution < -0.4 is 10.5 Å². The van der Waals surface area contributed by atoms with Crippen molar-refractivity contribution in [3.63, 3.8) is 0 Å². The highest BCUT2D eigenvalue weighted by Crippen LogP contribution is 2.11. The monoisotopic (exact) mass is 289 g/mol. The largest absolute Gasteiger partial charge is 0.353 e. The van der Waals surface area contributed by atoms with Crippen LogP contribution in [-0.4, -0.2) is 62.4 Å². The highest BCUT2D eigenvalue weighted by molar-refractivity contribution is 5.37. The fourth-order valence-electron chi connectivity index (χ4n) is 2.45. The molecule has 2 aromatic heterocycles. The van der Waals surface area contributed by atoms with Gasteiger partial charge in [-0.05, 0) is 6.07 Å². The van der Waals surface area contributed by atoms with Crippen LogP contribution in [0, 0.1) is 0 Å². The number of hydrogen-bond donors (Lipinski definition) is 0. The molecule has 3 heterocycles. The Kier molecular flexibility index (Phi) is 3.96.